The van der Waals surface area contributed by atoms with Gasteiger partial charge in [-0.05, 0) is 32.0 Å². The van der Waals surface area contributed by atoms with Crippen LogP contribution in [0.2, 0.25) is 5.02 Å². The van der Waals surface area contributed by atoms with E-state index in [1.807, 2.05) is 18.7 Å². The number of carbonyl (C=O) groups is 1. The summed E-state index contributed by atoms with van der Waals surface area (Å²) in [4.78, 5) is 14.6. The predicted molar refractivity (Wildman–Crippen MR) is 87.4 cm³/mol. The molecule has 4 nitrogen and oxygen atoms in total. The number of hydrogen-bond acceptors (Lipinski definition) is 4. The summed E-state index contributed by atoms with van der Waals surface area (Å²) in [5.41, 5.74) is 6.84. The Hall–Kier alpha value is -0.910. The van der Waals surface area contributed by atoms with Crippen LogP contribution in [0.5, 0.6) is 0 Å². The third-order valence-corrected chi connectivity index (χ3v) is 5.05. The highest BCUT2D eigenvalue weighted by atomic mass is 35.5. The lowest BCUT2D eigenvalue weighted by Gasteiger charge is -2.36. The van der Waals surface area contributed by atoms with Gasteiger partial charge in [-0.1, -0.05) is 11.6 Å². The van der Waals surface area contributed by atoms with Crippen LogP contribution >= 0.6 is 23.4 Å². The standard InChI is InChI=1S/C14H20ClN3OS/c1-9-8-20-6-5-18(9)10(2)14(19)17-13-4-3-11(16)7-12(13)15/h3-4,7,9-10H,5-6,8,16H2,1-2H3,(H,17,19). The summed E-state index contributed by atoms with van der Waals surface area (Å²) in [6, 6.07) is 5.35. The van der Waals surface area contributed by atoms with Gasteiger partial charge in [0.2, 0.25) is 5.91 Å². The zero-order valence-corrected chi connectivity index (χ0v) is 13.3. The number of thioether (sulfide) groups is 1. The number of rotatable bonds is 3. The third kappa shape index (κ3) is 3.59. The molecule has 6 heteroatoms. The number of amides is 1. The first-order chi connectivity index (χ1) is 9.49. The predicted octanol–water partition coefficient (Wildman–Crippen LogP) is 2.69. The number of nitrogens with zero attached hydrogens (tertiary/aromatic N) is 1. The van der Waals surface area contributed by atoms with Crippen LogP contribution in [0.1, 0.15) is 13.8 Å². The van der Waals surface area contributed by atoms with Crippen LogP contribution in [0.4, 0.5) is 11.4 Å². The van der Waals surface area contributed by atoms with Crippen molar-refractivity contribution in [2.24, 2.45) is 0 Å². The summed E-state index contributed by atoms with van der Waals surface area (Å²) in [5.74, 6) is 2.11. The van der Waals surface area contributed by atoms with Crippen molar-refractivity contribution >= 4 is 40.6 Å². The molecule has 1 aromatic carbocycles. The zero-order valence-electron chi connectivity index (χ0n) is 11.7. The molecule has 0 bridgehead atoms. The van der Waals surface area contributed by atoms with Crippen molar-refractivity contribution in [3.05, 3.63) is 23.2 Å². The monoisotopic (exact) mass is 313 g/mol. The fraction of sp³-hybridized carbons (Fsp3) is 0.500. The normalized spacial score (nSPS) is 21.4. The number of benzene rings is 1. The molecule has 1 heterocycles. The van der Waals surface area contributed by atoms with Crippen molar-refractivity contribution in [3.63, 3.8) is 0 Å². The minimum Gasteiger partial charge on any atom is -0.399 e. The molecule has 0 aromatic heterocycles. The molecule has 1 fully saturated rings. The second-order valence-electron chi connectivity index (χ2n) is 5.07. The van der Waals surface area contributed by atoms with Crippen molar-refractivity contribution in [2.75, 3.05) is 29.1 Å². The molecule has 1 aliphatic heterocycles. The molecule has 110 valence electrons. The molecule has 1 saturated heterocycles. The van der Waals surface area contributed by atoms with Crippen molar-refractivity contribution in [1.82, 2.24) is 4.90 Å². The summed E-state index contributed by atoms with van der Waals surface area (Å²) in [7, 11) is 0. The van der Waals surface area contributed by atoms with Gasteiger partial charge >= 0.3 is 0 Å². The van der Waals surface area contributed by atoms with E-state index in [1.165, 1.54) is 0 Å². The zero-order chi connectivity index (χ0) is 14.7. The second-order valence-corrected chi connectivity index (χ2v) is 6.62. The lowest BCUT2D eigenvalue weighted by Crippen LogP contribution is -2.50. The highest BCUT2D eigenvalue weighted by Crippen LogP contribution is 2.25. The Morgan fingerprint density at radius 1 is 1.60 bits per heavy atom. The summed E-state index contributed by atoms with van der Waals surface area (Å²) >= 11 is 8.02. The number of hydrogen-bond donors (Lipinski definition) is 2. The Kier molecular flexibility index (Phi) is 5.18. The van der Waals surface area contributed by atoms with E-state index in [0.29, 0.717) is 22.4 Å². The fourth-order valence-corrected chi connectivity index (χ4v) is 3.61. The van der Waals surface area contributed by atoms with Gasteiger partial charge in [0.05, 0.1) is 16.8 Å². The highest BCUT2D eigenvalue weighted by Gasteiger charge is 2.28. The minimum atomic E-state index is -0.167. The van der Waals surface area contributed by atoms with Crippen molar-refractivity contribution in [3.8, 4) is 0 Å². The van der Waals surface area contributed by atoms with Crippen LogP contribution in [0.3, 0.4) is 0 Å². The second kappa shape index (κ2) is 6.70. The van der Waals surface area contributed by atoms with Crippen molar-refractivity contribution in [1.29, 1.82) is 0 Å². The van der Waals surface area contributed by atoms with Gasteiger partial charge in [0, 0.05) is 29.8 Å². The Balaban J connectivity index is 2.03. The van der Waals surface area contributed by atoms with Gasteiger partial charge in [-0.2, -0.15) is 11.8 Å². The SMILES string of the molecule is CC1CSCCN1C(C)C(=O)Nc1ccc(N)cc1Cl. The van der Waals surface area contributed by atoms with E-state index in [1.54, 1.807) is 18.2 Å². The van der Waals surface area contributed by atoms with Crippen LogP contribution in [0, 0.1) is 0 Å². The molecule has 0 aliphatic carbocycles. The number of nitrogens with two attached hydrogens (primary N) is 1. The smallest absolute Gasteiger partial charge is 0.241 e. The average molecular weight is 314 g/mol. The molecule has 2 atom stereocenters. The van der Waals surface area contributed by atoms with Crippen molar-refractivity contribution < 1.29 is 4.79 Å². The average Bonchev–Trinajstić information content (AvgIpc) is 2.41. The van der Waals surface area contributed by atoms with E-state index in [4.69, 9.17) is 17.3 Å². The Bertz CT molecular complexity index is 497. The molecule has 1 amide bonds. The molecule has 2 unspecified atom stereocenters. The fourth-order valence-electron chi connectivity index (χ4n) is 2.34. The topological polar surface area (TPSA) is 58.4 Å². The minimum absolute atomic E-state index is 0.0320. The lowest BCUT2D eigenvalue weighted by atomic mass is 10.2. The first kappa shape index (κ1) is 15.5. The maximum absolute atomic E-state index is 12.3. The summed E-state index contributed by atoms with van der Waals surface area (Å²) in [5, 5.41) is 3.35. The van der Waals surface area contributed by atoms with E-state index in [0.717, 1.165) is 18.1 Å². The third-order valence-electron chi connectivity index (χ3n) is 3.55. The van der Waals surface area contributed by atoms with E-state index in [-0.39, 0.29) is 11.9 Å². The van der Waals surface area contributed by atoms with Gasteiger partial charge in [0.25, 0.3) is 0 Å². The van der Waals surface area contributed by atoms with E-state index in [2.05, 4.69) is 17.1 Å². The van der Waals surface area contributed by atoms with Gasteiger partial charge in [0.1, 0.15) is 0 Å². The van der Waals surface area contributed by atoms with Gasteiger partial charge < -0.3 is 11.1 Å². The highest BCUT2D eigenvalue weighted by molar-refractivity contribution is 7.99. The largest absolute Gasteiger partial charge is 0.399 e. The van der Waals surface area contributed by atoms with Crippen LogP contribution in [0.15, 0.2) is 18.2 Å². The maximum atomic E-state index is 12.3. The van der Waals surface area contributed by atoms with Gasteiger partial charge in [-0.3, -0.25) is 9.69 Å². The molecule has 2 rings (SSSR count). The number of anilines is 2. The maximum Gasteiger partial charge on any atom is 0.241 e. The molecule has 1 aromatic rings. The van der Waals surface area contributed by atoms with Crippen LogP contribution in [-0.4, -0.2) is 40.9 Å². The van der Waals surface area contributed by atoms with E-state index in [9.17, 15) is 4.79 Å². The lowest BCUT2D eigenvalue weighted by molar-refractivity contribution is -0.121. The van der Waals surface area contributed by atoms with Gasteiger partial charge in [-0.25, -0.2) is 0 Å². The molecule has 0 saturated carbocycles. The Morgan fingerprint density at radius 3 is 3.00 bits per heavy atom. The Morgan fingerprint density at radius 2 is 2.35 bits per heavy atom. The number of nitrogen functional groups attached to an aromatic ring is 1. The van der Waals surface area contributed by atoms with Gasteiger partial charge in [0.15, 0.2) is 0 Å². The van der Waals surface area contributed by atoms with Crippen LogP contribution < -0.4 is 11.1 Å². The van der Waals surface area contributed by atoms with Gasteiger partial charge in [-0.15, -0.1) is 0 Å². The molecule has 0 spiro atoms. The Labute approximate surface area is 129 Å². The molecular formula is C14H20ClN3OS. The molecule has 3 N–H and O–H groups in total. The van der Waals surface area contributed by atoms with Crippen molar-refractivity contribution in [2.45, 2.75) is 25.9 Å². The summed E-state index contributed by atoms with van der Waals surface area (Å²) in [6.07, 6.45) is 0. The number of nitrogens with one attached hydrogen (secondary N) is 1. The number of halogens is 1. The molecular weight excluding hydrogens is 294 g/mol. The van der Waals surface area contributed by atoms with Crippen LogP contribution in [-0.2, 0) is 4.79 Å². The van der Waals surface area contributed by atoms with E-state index >= 15 is 0 Å². The molecule has 0 radical (unpaired) electrons. The molecule has 20 heavy (non-hydrogen) atoms. The van der Waals surface area contributed by atoms with Crippen LogP contribution in [0.25, 0.3) is 0 Å². The first-order valence-electron chi connectivity index (χ1n) is 6.68. The van der Waals surface area contributed by atoms with E-state index < -0.39 is 0 Å². The quantitative estimate of drug-likeness (QED) is 0.842. The number of carbonyl (C=O) groups excluding carboxylic acids is 1. The summed E-state index contributed by atoms with van der Waals surface area (Å²) < 4.78 is 0. The summed E-state index contributed by atoms with van der Waals surface area (Å²) in [6.45, 7) is 5.04. The first-order valence-corrected chi connectivity index (χ1v) is 8.21. The molecule has 1 aliphatic rings.